The van der Waals surface area contributed by atoms with E-state index in [-0.39, 0.29) is 12.1 Å². The molecule has 2 amide bonds. The monoisotopic (exact) mass is 316 g/mol. The van der Waals surface area contributed by atoms with Crippen LogP contribution in [0.1, 0.15) is 24.9 Å². The van der Waals surface area contributed by atoms with Gasteiger partial charge in [0.2, 0.25) is 0 Å². The number of nitrogens with zero attached hydrogens (tertiary/aromatic N) is 4. The summed E-state index contributed by atoms with van der Waals surface area (Å²) in [4.78, 5) is 20.3. The smallest absolute Gasteiger partial charge is 0.319 e. The fraction of sp³-hybridized carbons (Fsp3) is 0.286. The number of hydrogen-bond acceptors (Lipinski definition) is 5. The SMILES string of the molecule is CC(C)n1ncc2cc(NC(=O)NCc3nccs3)cnc21. The van der Waals surface area contributed by atoms with E-state index in [1.54, 1.807) is 18.6 Å². The topological polar surface area (TPSA) is 84.7 Å². The number of hydrogen-bond donors (Lipinski definition) is 2. The molecule has 3 aromatic rings. The van der Waals surface area contributed by atoms with Crippen molar-refractivity contribution in [2.24, 2.45) is 0 Å². The molecule has 7 nitrogen and oxygen atoms in total. The van der Waals surface area contributed by atoms with Crippen molar-refractivity contribution in [3.05, 3.63) is 35.0 Å². The van der Waals surface area contributed by atoms with Crippen molar-refractivity contribution < 1.29 is 4.79 Å². The van der Waals surface area contributed by atoms with Crippen LogP contribution in [0.4, 0.5) is 10.5 Å². The normalized spacial score (nSPS) is 11.0. The Morgan fingerprint density at radius 1 is 1.36 bits per heavy atom. The zero-order valence-electron chi connectivity index (χ0n) is 12.3. The lowest BCUT2D eigenvalue weighted by molar-refractivity contribution is 0.251. The van der Waals surface area contributed by atoms with Gasteiger partial charge in [-0.25, -0.2) is 19.4 Å². The summed E-state index contributed by atoms with van der Waals surface area (Å²) < 4.78 is 1.85. The average Bonchev–Trinajstić information content (AvgIpc) is 3.14. The van der Waals surface area contributed by atoms with Gasteiger partial charge in [0.05, 0.1) is 24.6 Å². The van der Waals surface area contributed by atoms with Gasteiger partial charge >= 0.3 is 6.03 Å². The van der Waals surface area contributed by atoms with Gasteiger partial charge in [0.25, 0.3) is 0 Å². The molecule has 0 bridgehead atoms. The molecule has 0 aliphatic heterocycles. The van der Waals surface area contributed by atoms with E-state index in [1.165, 1.54) is 11.3 Å². The molecule has 114 valence electrons. The third-order valence-corrected chi connectivity index (χ3v) is 3.84. The molecule has 0 aliphatic carbocycles. The summed E-state index contributed by atoms with van der Waals surface area (Å²) in [5, 5.41) is 13.5. The van der Waals surface area contributed by atoms with Gasteiger partial charge in [-0.05, 0) is 19.9 Å². The highest BCUT2D eigenvalue weighted by Crippen LogP contribution is 2.18. The van der Waals surface area contributed by atoms with E-state index < -0.39 is 0 Å². The second kappa shape index (κ2) is 6.10. The third-order valence-electron chi connectivity index (χ3n) is 3.06. The van der Waals surface area contributed by atoms with Crippen LogP contribution in [0.5, 0.6) is 0 Å². The highest BCUT2D eigenvalue weighted by molar-refractivity contribution is 7.09. The number of urea groups is 1. The van der Waals surface area contributed by atoms with E-state index in [0.717, 1.165) is 16.0 Å². The lowest BCUT2D eigenvalue weighted by atomic mass is 10.3. The molecule has 3 heterocycles. The number of carbonyl (C=O) groups is 1. The maximum absolute atomic E-state index is 11.9. The zero-order chi connectivity index (χ0) is 15.5. The molecule has 0 radical (unpaired) electrons. The van der Waals surface area contributed by atoms with E-state index in [2.05, 4.69) is 25.7 Å². The number of thiazole rings is 1. The third kappa shape index (κ3) is 3.06. The van der Waals surface area contributed by atoms with Crippen LogP contribution in [-0.4, -0.2) is 25.8 Å². The summed E-state index contributed by atoms with van der Waals surface area (Å²) in [6, 6.07) is 1.81. The first kappa shape index (κ1) is 14.5. The number of fused-ring (bicyclic) bond motifs is 1. The summed E-state index contributed by atoms with van der Waals surface area (Å²) in [6.07, 6.45) is 5.09. The van der Waals surface area contributed by atoms with Crippen molar-refractivity contribution in [1.82, 2.24) is 25.1 Å². The Bertz CT molecular complexity index is 780. The molecule has 8 heteroatoms. The van der Waals surface area contributed by atoms with Gasteiger partial charge in [-0.3, -0.25) is 0 Å². The van der Waals surface area contributed by atoms with Gasteiger partial charge in [-0.1, -0.05) is 0 Å². The molecular formula is C14H16N6OS. The van der Waals surface area contributed by atoms with Gasteiger partial charge in [0, 0.05) is 23.0 Å². The fourth-order valence-electron chi connectivity index (χ4n) is 2.06. The van der Waals surface area contributed by atoms with Crippen LogP contribution in [0.15, 0.2) is 30.0 Å². The molecule has 0 saturated carbocycles. The van der Waals surface area contributed by atoms with Crippen LogP contribution in [0.2, 0.25) is 0 Å². The van der Waals surface area contributed by atoms with Crippen LogP contribution in [0, 0.1) is 0 Å². The quantitative estimate of drug-likeness (QED) is 0.775. The summed E-state index contributed by atoms with van der Waals surface area (Å²) in [7, 11) is 0. The van der Waals surface area contributed by atoms with Crippen LogP contribution in [0.25, 0.3) is 11.0 Å². The first-order valence-corrected chi connectivity index (χ1v) is 7.78. The second-order valence-electron chi connectivity index (χ2n) is 5.05. The Hall–Kier alpha value is -2.48. The number of aromatic nitrogens is 4. The minimum Gasteiger partial charge on any atom is -0.331 e. The Morgan fingerprint density at radius 3 is 2.95 bits per heavy atom. The van der Waals surface area contributed by atoms with Crippen LogP contribution < -0.4 is 10.6 Å². The Kier molecular flexibility index (Phi) is 4.01. The number of amides is 2. The maximum Gasteiger partial charge on any atom is 0.319 e. The van der Waals surface area contributed by atoms with Crippen molar-refractivity contribution in [2.75, 3.05) is 5.32 Å². The summed E-state index contributed by atoms with van der Waals surface area (Å²) in [5.41, 5.74) is 1.44. The predicted octanol–water partition coefficient (Wildman–Crippen LogP) is 2.79. The minimum atomic E-state index is -0.285. The minimum absolute atomic E-state index is 0.241. The Balaban J connectivity index is 1.67. The van der Waals surface area contributed by atoms with E-state index in [4.69, 9.17) is 0 Å². The molecular weight excluding hydrogens is 300 g/mol. The van der Waals surface area contributed by atoms with Crippen LogP contribution >= 0.6 is 11.3 Å². The van der Waals surface area contributed by atoms with Crippen molar-refractivity contribution in [3.63, 3.8) is 0 Å². The van der Waals surface area contributed by atoms with E-state index in [1.807, 2.05) is 30.0 Å². The first-order valence-electron chi connectivity index (χ1n) is 6.90. The predicted molar refractivity (Wildman–Crippen MR) is 85.9 cm³/mol. The highest BCUT2D eigenvalue weighted by atomic mass is 32.1. The summed E-state index contributed by atoms with van der Waals surface area (Å²) in [5.74, 6) is 0. The molecule has 0 unspecified atom stereocenters. The zero-order valence-corrected chi connectivity index (χ0v) is 13.1. The number of nitrogens with one attached hydrogen (secondary N) is 2. The Labute approximate surface area is 131 Å². The first-order chi connectivity index (χ1) is 10.6. The number of carbonyl (C=O) groups excluding carboxylic acids is 1. The number of pyridine rings is 1. The molecule has 0 saturated heterocycles. The van der Waals surface area contributed by atoms with Crippen molar-refractivity contribution >= 4 is 34.1 Å². The van der Waals surface area contributed by atoms with Gasteiger partial charge in [0.15, 0.2) is 5.65 Å². The van der Waals surface area contributed by atoms with Gasteiger partial charge in [-0.15, -0.1) is 11.3 Å². The van der Waals surface area contributed by atoms with Gasteiger partial charge < -0.3 is 10.6 Å². The fourth-order valence-corrected chi connectivity index (χ4v) is 2.61. The molecule has 3 rings (SSSR count). The van der Waals surface area contributed by atoms with Gasteiger partial charge in [-0.2, -0.15) is 5.10 Å². The maximum atomic E-state index is 11.9. The molecule has 0 aromatic carbocycles. The molecule has 2 N–H and O–H groups in total. The molecule has 0 atom stereocenters. The second-order valence-corrected chi connectivity index (χ2v) is 6.03. The molecule has 0 fully saturated rings. The largest absolute Gasteiger partial charge is 0.331 e. The highest BCUT2D eigenvalue weighted by Gasteiger charge is 2.09. The molecule has 0 spiro atoms. The van der Waals surface area contributed by atoms with Crippen LogP contribution in [0.3, 0.4) is 0 Å². The summed E-state index contributed by atoms with van der Waals surface area (Å²) >= 11 is 1.50. The van der Waals surface area contributed by atoms with E-state index >= 15 is 0 Å². The molecule has 0 aliphatic rings. The summed E-state index contributed by atoms with van der Waals surface area (Å²) in [6.45, 7) is 4.50. The standard InChI is InChI=1S/C14H16N6OS/c1-9(2)20-13-10(6-18-20)5-11(7-16-13)19-14(21)17-8-12-15-3-4-22-12/h3-7,9H,8H2,1-2H3,(H2,17,19,21). The van der Waals surface area contributed by atoms with Crippen molar-refractivity contribution in [3.8, 4) is 0 Å². The average molecular weight is 316 g/mol. The lowest BCUT2D eigenvalue weighted by Crippen LogP contribution is -2.28. The van der Waals surface area contributed by atoms with Crippen LogP contribution in [-0.2, 0) is 6.54 Å². The van der Waals surface area contributed by atoms with E-state index in [0.29, 0.717) is 12.2 Å². The Morgan fingerprint density at radius 2 is 2.23 bits per heavy atom. The van der Waals surface area contributed by atoms with Crippen molar-refractivity contribution in [2.45, 2.75) is 26.4 Å². The number of anilines is 1. The van der Waals surface area contributed by atoms with Crippen molar-refractivity contribution in [1.29, 1.82) is 0 Å². The lowest BCUT2D eigenvalue weighted by Gasteiger charge is -2.08. The molecule has 3 aromatic heterocycles. The van der Waals surface area contributed by atoms with E-state index in [9.17, 15) is 4.79 Å². The molecule has 22 heavy (non-hydrogen) atoms. The van der Waals surface area contributed by atoms with Gasteiger partial charge in [0.1, 0.15) is 5.01 Å². The number of rotatable bonds is 4.